The third kappa shape index (κ3) is 4.53. The number of nitrogens with one attached hydrogen (secondary N) is 1. The quantitative estimate of drug-likeness (QED) is 0.813. The molecule has 0 bridgehead atoms. The molecule has 21 heavy (non-hydrogen) atoms. The Balaban J connectivity index is 2.30. The lowest BCUT2D eigenvalue weighted by Gasteiger charge is -2.24. The van der Waals surface area contributed by atoms with E-state index in [2.05, 4.69) is 61.1 Å². The van der Waals surface area contributed by atoms with Crippen LogP contribution in [0.5, 0.6) is 0 Å². The highest BCUT2D eigenvalue weighted by molar-refractivity contribution is 7.18. The van der Waals surface area contributed by atoms with Crippen LogP contribution in [-0.2, 0) is 0 Å². The van der Waals surface area contributed by atoms with Gasteiger partial charge < -0.3 is 10.2 Å². The average Bonchev–Trinajstić information content (AvgIpc) is 2.67. The SMILES string of the molecule is Cc1cc2c(NC(CC(C)C)CN(C)C)nc(Cl)nc2s1. The van der Waals surface area contributed by atoms with E-state index in [0.717, 1.165) is 29.0 Å². The van der Waals surface area contributed by atoms with Crippen molar-refractivity contribution in [3.63, 3.8) is 0 Å². The monoisotopic (exact) mass is 326 g/mol. The number of likely N-dealkylation sites (N-methyl/N-ethyl adjacent to an activating group) is 1. The molecule has 2 heterocycles. The van der Waals surface area contributed by atoms with Gasteiger partial charge in [-0.2, -0.15) is 0 Å². The van der Waals surface area contributed by atoms with Gasteiger partial charge in [0, 0.05) is 17.5 Å². The first kappa shape index (κ1) is 16.5. The van der Waals surface area contributed by atoms with Crippen molar-refractivity contribution >= 4 is 39.0 Å². The molecule has 0 saturated heterocycles. The normalized spacial score (nSPS) is 13.3. The van der Waals surface area contributed by atoms with Crippen molar-refractivity contribution in [2.24, 2.45) is 5.92 Å². The second-order valence-corrected chi connectivity index (χ2v) is 7.72. The Bertz CT molecular complexity index is 599. The Hall–Kier alpha value is -0.910. The van der Waals surface area contributed by atoms with Crippen LogP contribution >= 0.6 is 22.9 Å². The number of anilines is 1. The number of aryl methyl sites for hydroxylation is 1. The van der Waals surface area contributed by atoms with Crippen LogP contribution in [0.25, 0.3) is 10.2 Å². The Morgan fingerprint density at radius 1 is 1.33 bits per heavy atom. The van der Waals surface area contributed by atoms with Gasteiger partial charge in [0.15, 0.2) is 0 Å². The number of aromatic nitrogens is 2. The molecule has 0 aromatic carbocycles. The number of halogens is 1. The minimum atomic E-state index is 0.306. The first-order valence-electron chi connectivity index (χ1n) is 7.20. The van der Waals surface area contributed by atoms with Crippen LogP contribution in [0, 0.1) is 12.8 Å². The van der Waals surface area contributed by atoms with Gasteiger partial charge in [-0.05, 0) is 51.0 Å². The van der Waals surface area contributed by atoms with Crippen LogP contribution in [0.2, 0.25) is 5.28 Å². The van der Waals surface area contributed by atoms with Crippen molar-refractivity contribution < 1.29 is 0 Å². The molecule has 2 aromatic heterocycles. The van der Waals surface area contributed by atoms with E-state index in [1.165, 1.54) is 4.88 Å². The molecule has 2 rings (SSSR count). The Kier molecular flexibility index (Phi) is 5.41. The van der Waals surface area contributed by atoms with Gasteiger partial charge in [0.05, 0.1) is 5.39 Å². The maximum absolute atomic E-state index is 6.06. The first-order chi connectivity index (χ1) is 9.85. The van der Waals surface area contributed by atoms with Crippen molar-refractivity contribution in [3.8, 4) is 0 Å². The highest BCUT2D eigenvalue weighted by Crippen LogP contribution is 2.30. The molecule has 0 aliphatic rings. The fourth-order valence-electron chi connectivity index (χ4n) is 2.51. The summed E-state index contributed by atoms with van der Waals surface area (Å²) in [6.45, 7) is 7.52. The molecular formula is C15H23ClN4S. The van der Waals surface area contributed by atoms with E-state index in [1.807, 2.05) is 0 Å². The molecule has 2 aromatic rings. The van der Waals surface area contributed by atoms with E-state index in [9.17, 15) is 0 Å². The van der Waals surface area contributed by atoms with E-state index in [4.69, 9.17) is 11.6 Å². The molecule has 1 unspecified atom stereocenters. The van der Waals surface area contributed by atoms with Crippen LogP contribution < -0.4 is 5.32 Å². The summed E-state index contributed by atoms with van der Waals surface area (Å²) in [5.41, 5.74) is 0. The molecule has 1 N–H and O–H groups in total. The van der Waals surface area contributed by atoms with Crippen molar-refractivity contribution in [2.75, 3.05) is 26.0 Å². The zero-order chi connectivity index (χ0) is 15.6. The van der Waals surface area contributed by atoms with E-state index < -0.39 is 0 Å². The molecule has 0 fully saturated rings. The summed E-state index contributed by atoms with van der Waals surface area (Å²) < 4.78 is 0. The molecule has 0 spiro atoms. The molecule has 0 amide bonds. The number of fused-ring (bicyclic) bond motifs is 1. The van der Waals surface area contributed by atoms with E-state index >= 15 is 0 Å². The summed E-state index contributed by atoms with van der Waals surface area (Å²) in [6, 6.07) is 2.47. The minimum Gasteiger partial charge on any atom is -0.365 e. The van der Waals surface area contributed by atoms with Gasteiger partial charge in [-0.25, -0.2) is 9.97 Å². The lowest BCUT2D eigenvalue weighted by Crippen LogP contribution is -2.33. The van der Waals surface area contributed by atoms with Crippen LogP contribution in [0.15, 0.2) is 6.07 Å². The summed E-state index contributed by atoms with van der Waals surface area (Å²) in [4.78, 5) is 13.1. The smallest absolute Gasteiger partial charge is 0.225 e. The topological polar surface area (TPSA) is 41.0 Å². The first-order valence-corrected chi connectivity index (χ1v) is 8.39. The van der Waals surface area contributed by atoms with Gasteiger partial charge in [-0.1, -0.05) is 13.8 Å². The molecular weight excluding hydrogens is 304 g/mol. The molecule has 0 radical (unpaired) electrons. The number of thiophene rings is 1. The highest BCUT2D eigenvalue weighted by Gasteiger charge is 2.16. The summed E-state index contributed by atoms with van der Waals surface area (Å²) in [7, 11) is 4.18. The van der Waals surface area contributed by atoms with Gasteiger partial charge in [0.25, 0.3) is 0 Å². The van der Waals surface area contributed by atoms with E-state index in [1.54, 1.807) is 11.3 Å². The maximum Gasteiger partial charge on any atom is 0.225 e. The Morgan fingerprint density at radius 2 is 2.05 bits per heavy atom. The summed E-state index contributed by atoms with van der Waals surface area (Å²) in [5, 5.41) is 4.94. The molecule has 4 nitrogen and oxygen atoms in total. The van der Waals surface area contributed by atoms with Gasteiger partial charge in [-0.15, -0.1) is 11.3 Å². The Morgan fingerprint density at radius 3 is 2.67 bits per heavy atom. The number of hydrogen-bond donors (Lipinski definition) is 1. The average molecular weight is 327 g/mol. The largest absolute Gasteiger partial charge is 0.365 e. The van der Waals surface area contributed by atoms with Crippen molar-refractivity contribution in [1.82, 2.24) is 14.9 Å². The van der Waals surface area contributed by atoms with E-state index in [0.29, 0.717) is 17.2 Å². The lowest BCUT2D eigenvalue weighted by atomic mass is 10.0. The predicted molar refractivity (Wildman–Crippen MR) is 92.6 cm³/mol. The fourth-order valence-corrected chi connectivity index (χ4v) is 3.61. The molecule has 1 atom stereocenters. The second kappa shape index (κ2) is 6.90. The highest BCUT2D eigenvalue weighted by atomic mass is 35.5. The van der Waals surface area contributed by atoms with Gasteiger partial charge in [0.1, 0.15) is 10.6 Å². The Labute approximate surface area is 135 Å². The van der Waals surface area contributed by atoms with Crippen LogP contribution in [-0.4, -0.2) is 41.5 Å². The third-order valence-electron chi connectivity index (χ3n) is 3.17. The van der Waals surface area contributed by atoms with E-state index in [-0.39, 0.29) is 0 Å². The number of hydrogen-bond acceptors (Lipinski definition) is 5. The summed E-state index contributed by atoms with van der Waals surface area (Å²) in [6.07, 6.45) is 1.09. The lowest BCUT2D eigenvalue weighted by molar-refractivity contribution is 0.356. The molecule has 0 saturated carbocycles. The number of rotatable bonds is 6. The van der Waals surface area contributed by atoms with Crippen LogP contribution in [0.1, 0.15) is 25.1 Å². The summed E-state index contributed by atoms with van der Waals surface area (Å²) in [5.74, 6) is 1.47. The second-order valence-electron chi connectivity index (χ2n) is 6.15. The fraction of sp³-hybridized carbons (Fsp3) is 0.600. The molecule has 0 aliphatic carbocycles. The van der Waals surface area contributed by atoms with Crippen LogP contribution in [0.3, 0.4) is 0 Å². The van der Waals surface area contributed by atoms with Gasteiger partial charge in [-0.3, -0.25) is 0 Å². The molecule has 0 aliphatic heterocycles. The summed E-state index contributed by atoms with van der Waals surface area (Å²) >= 11 is 7.71. The van der Waals surface area contributed by atoms with Gasteiger partial charge >= 0.3 is 0 Å². The van der Waals surface area contributed by atoms with Crippen molar-refractivity contribution in [2.45, 2.75) is 33.2 Å². The van der Waals surface area contributed by atoms with Crippen molar-refractivity contribution in [1.29, 1.82) is 0 Å². The zero-order valence-electron chi connectivity index (χ0n) is 13.3. The van der Waals surface area contributed by atoms with Crippen molar-refractivity contribution in [3.05, 3.63) is 16.2 Å². The third-order valence-corrected chi connectivity index (χ3v) is 4.28. The maximum atomic E-state index is 6.06. The van der Waals surface area contributed by atoms with Gasteiger partial charge in [0.2, 0.25) is 5.28 Å². The molecule has 116 valence electrons. The molecule has 6 heteroatoms. The zero-order valence-corrected chi connectivity index (χ0v) is 14.8. The standard InChI is InChI=1S/C15H23ClN4S/c1-9(2)6-11(8-20(4)5)17-13-12-7-10(3)21-14(12)19-15(16)18-13/h7,9,11H,6,8H2,1-5H3,(H,17,18,19). The predicted octanol–water partition coefficient (Wildman–Crippen LogP) is 4.04. The number of nitrogens with zero attached hydrogens (tertiary/aromatic N) is 3. The van der Waals surface area contributed by atoms with Crippen LogP contribution in [0.4, 0.5) is 5.82 Å². The minimum absolute atomic E-state index is 0.306.